The molecule has 1 aliphatic heterocycles. The predicted molar refractivity (Wildman–Crippen MR) is 88.9 cm³/mol. The summed E-state index contributed by atoms with van der Waals surface area (Å²) in [6, 6.07) is 7.26. The molecule has 24 heavy (non-hydrogen) atoms. The summed E-state index contributed by atoms with van der Waals surface area (Å²) in [7, 11) is 0. The highest BCUT2D eigenvalue weighted by Crippen LogP contribution is 2.26. The Balaban J connectivity index is 2.09. The maximum atomic E-state index is 12.2. The van der Waals surface area contributed by atoms with Crippen molar-refractivity contribution in [3.05, 3.63) is 24.3 Å². The molecule has 0 saturated carbocycles. The van der Waals surface area contributed by atoms with Crippen LogP contribution in [0.2, 0.25) is 0 Å². The van der Waals surface area contributed by atoms with Crippen molar-refractivity contribution >= 4 is 23.2 Å². The molecule has 8 heteroatoms. The number of hydrogen-bond acceptors (Lipinski definition) is 6. The van der Waals surface area contributed by atoms with E-state index in [1.165, 1.54) is 0 Å². The first kappa shape index (κ1) is 18.2. The van der Waals surface area contributed by atoms with E-state index >= 15 is 0 Å². The van der Waals surface area contributed by atoms with E-state index in [1.807, 2.05) is 12.1 Å². The third-order valence-electron chi connectivity index (χ3n) is 3.73. The van der Waals surface area contributed by atoms with Crippen LogP contribution < -0.4 is 10.2 Å². The molecular weight excluding hydrogens is 314 g/mol. The quantitative estimate of drug-likeness (QED) is 0.592. The number of aliphatic hydroxyl groups excluding tert-OH is 2. The molecule has 1 aliphatic rings. The summed E-state index contributed by atoms with van der Waals surface area (Å²) in [6.45, 7) is 2.09. The number of hydrogen-bond donors (Lipinski definition) is 3. The van der Waals surface area contributed by atoms with Crippen molar-refractivity contribution in [2.24, 2.45) is 0 Å². The number of carbonyl (C=O) groups is 2. The van der Waals surface area contributed by atoms with Crippen LogP contribution >= 0.6 is 0 Å². The molecular formula is C16H23N3O5. The molecule has 2 rings (SSSR count). The number of nitrogens with zero attached hydrogens (tertiary/aromatic N) is 2. The molecule has 1 aromatic rings. The second kappa shape index (κ2) is 9.21. The summed E-state index contributed by atoms with van der Waals surface area (Å²) < 4.78 is 5.33. The first-order valence-corrected chi connectivity index (χ1v) is 7.91. The highest BCUT2D eigenvalue weighted by Gasteiger charge is 2.23. The van der Waals surface area contributed by atoms with Gasteiger partial charge in [0, 0.05) is 26.2 Å². The fourth-order valence-corrected chi connectivity index (χ4v) is 2.54. The fraction of sp³-hybridized carbons (Fsp3) is 0.500. The summed E-state index contributed by atoms with van der Waals surface area (Å²) >= 11 is 0. The number of nitrogens with one attached hydrogen (secondary N) is 1. The van der Waals surface area contributed by atoms with Crippen LogP contribution in [0.1, 0.15) is 0 Å². The average Bonchev–Trinajstić information content (AvgIpc) is 2.62. The number of benzene rings is 1. The Labute approximate surface area is 140 Å². The Kier molecular flexibility index (Phi) is 6.98. The molecule has 0 atom stereocenters. The fourth-order valence-electron chi connectivity index (χ4n) is 2.54. The van der Waals surface area contributed by atoms with Gasteiger partial charge in [0.15, 0.2) is 0 Å². The highest BCUT2D eigenvalue weighted by molar-refractivity contribution is 6.39. The maximum absolute atomic E-state index is 12.2. The number of ether oxygens (including phenoxy) is 1. The summed E-state index contributed by atoms with van der Waals surface area (Å²) in [6.07, 6.45) is 0. The second-order valence-corrected chi connectivity index (χ2v) is 5.31. The molecule has 1 heterocycles. The van der Waals surface area contributed by atoms with E-state index in [2.05, 4.69) is 10.2 Å². The van der Waals surface area contributed by atoms with Gasteiger partial charge in [-0.2, -0.15) is 0 Å². The molecule has 0 spiro atoms. The largest absolute Gasteiger partial charge is 0.395 e. The van der Waals surface area contributed by atoms with Gasteiger partial charge in [0.25, 0.3) is 0 Å². The predicted octanol–water partition coefficient (Wildman–Crippen LogP) is -0.725. The lowest BCUT2D eigenvalue weighted by atomic mass is 10.2. The Morgan fingerprint density at radius 2 is 1.75 bits per heavy atom. The summed E-state index contributed by atoms with van der Waals surface area (Å²) in [4.78, 5) is 27.6. The lowest BCUT2D eigenvalue weighted by Gasteiger charge is -2.30. The van der Waals surface area contributed by atoms with Crippen LogP contribution in [0.25, 0.3) is 0 Å². The normalized spacial score (nSPS) is 14.3. The van der Waals surface area contributed by atoms with Crippen LogP contribution in [0.5, 0.6) is 0 Å². The van der Waals surface area contributed by atoms with Gasteiger partial charge in [-0.3, -0.25) is 9.59 Å². The van der Waals surface area contributed by atoms with Gasteiger partial charge in [-0.1, -0.05) is 12.1 Å². The lowest BCUT2D eigenvalue weighted by Crippen LogP contribution is -2.43. The smallest absolute Gasteiger partial charge is 0.313 e. The minimum atomic E-state index is -0.794. The van der Waals surface area contributed by atoms with Crippen LogP contribution in [-0.4, -0.2) is 79.5 Å². The van der Waals surface area contributed by atoms with E-state index in [0.29, 0.717) is 32.0 Å². The molecule has 8 nitrogen and oxygen atoms in total. The van der Waals surface area contributed by atoms with E-state index in [0.717, 1.165) is 10.6 Å². The van der Waals surface area contributed by atoms with Crippen LogP contribution in [-0.2, 0) is 14.3 Å². The van der Waals surface area contributed by atoms with Crippen molar-refractivity contribution in [3.8, 4) is 0 Å². The number of anilines is 2. The number of rotatable bonds is 6. The van der Waals surface area contributed by atoms with E-state index in [9.17, 15) is 9.59 Å². The van der Waals surface area contributed by atoms with Gasteiger partial charge in [-0.05, 0) is 12.1 Å². The zero-order valence-corrected chi connectivity index (χ0v) is 13.5. The molecule has 0 radical (unpaired) electrons. The minimum absolute atomic E-state index is 0.00206. The number of carbonyl (C=O) groups excluding carboxylic acids is 2. The Morgan fingerprint density at radius 1 is 1.12 bits per heavy atom. The zero-order chi connectivity index (χ0) is 17.4. The monoisotopic (exact) mass is 337 g/mol. The summed E-state index contributed by atoms with van der Waals surface area (Å²) in [5.74, 6) is -1.58. The number of amides is 2. The van der Waals surface area contributed by atoms with Gasteiger partial charge in [-0.15, -0.1) is 0 Å². The lowest BCUT2D eigenvalue weighted by molar-refractivity contribution is -0.143. The molecule has 2 amide bonds. The Bertz CT molecular complexity index is 554. The molecule has 0 unspecified atom stereocenters. The van der Waals surface area contributed by atoms with Gasteiger partial charge in [0.05, 0.1) is 37.8 Å². The van der Waals surface area contributed by atoms with E-state index < -0.39 is 11.8 Å². The molecule has 0 aromatic heterocycles. The zero-order valence-electron chi connectivity index (χ0n) is 13.5. The molecule has 3 N–H and O–H groups in total. The van der Waals surface area contributed by atoms with Crippen molar-refractivity contribution in [3.63, 3.8) is 0 Å². The Hall–Kier alpha value is -2.16. The Morgan fingerprint density at radius 3 is 2.38 bits per heavy atom. The van der Waals surface area contributed by atoms with E-state index in [-0.39, 0.29) is 26.3 Å². The van der Waals surface area contributed by atoms with Crippen molar-refractivity contribution < 1.29 is 24.5 Å². The third-order valence-corrected chi connectivity index (χ3v) is 3.73. The SMILES string of the molecule is O=C(Nc1ccccc1N1CCOCC1)C(=O)N(CCO)CCO. The maximum Gasteiger partial charge on any atom is 0.313 e. The van der Waals surface area contributed by atoms with Crippen molar-refractivity contribution in [2.45, 2.75) is 0 Å². The van der Waals surface area contributed by atoms with E-state index in [1.54, 1.807) is 12.1 Å². The molecule has 1 aromatic carbocycles. The summed E-state index contributed by atoms with van der Waals surface area (Å²) in [5, 5.41) is 20.6. The van der Waals surface area contributed by atoms with Crippen molar-refractivity contribution in [1.82, 2.24) is 4.90 Å². The molecule has 1 saturated heterocycles. The molecule has 0 bridgehead atoms. The van der Waals surface area contributed by atoms with Gasteiger partial charge in [0.1, 0.15) is 0 Å². The van der Waals surface area contributed by atoms with Crippen LogP contribution in [0.15, 0.2) is 24.3 Å². The molecule has 1 fully saturated rings. The average molecular weight is 337 g/mol. The van der Waals surface area contributed by atoms with Gasteiger partial charge in [-0.25, -0.2) is 0 Å². The first-order valence-electron chi connectivity index (χ1n) is 7.91. The first-order chi connectivity index (χ1) is 11.7. The second-order valence-electron chi connectivity index (χ2n) is 5.31. The van der Waals surface area contributed by atoms with Gasteiger partial charge < -0.3 is 30.1 Å². The van der Waals surface area contributed by atoms with Gasteiger partial charge >= 0.3 is 11.8 Å². The van der Waals surface area contributed by atoms with Crippen LogP contribution in [0.3, 0.4) is 0 Å². The summed E-state index contributed by atoms with van der Waals surface area (Å²) in [5.41, 5.74) is 1.38. The van der Waals surface area contributed by atoms with Crippen LogP contribution in [0, 0.1) is 0 Å². The number of morpholine rings is 1. The third kappa shape index (κ3) is 4.67. The topological polar surface area (TPSA) is 102 Å². The highest BCUT2D eigenvalue weighted by atomic mass is 16.5. The van der Waals surface area contributed by atoms with Crippen molar-refractivity contribution in [2.75, 3.05) is 62.8 Å². The molecule has 132 valence electrons. The standard InChI is InChI=1S/C16H23N3O5/c20-9-5-19(6-10-21)16(23)15(22)17-13-3-1-2-4-14(13)18-7-11-24-12-8-18/h1-4,20-21H,5-12H2,(H,17,22). The number of para-hydroxylation sites is 2. The van der Waals surface area contributed by atoms with E-state index in [4.69, 9.17) is 14.9 Å². The number of aliphatic hydroxyl groups is 2. The van der Waals surface area contributed by atoms with Gasteiger partial charge in [0.2, 0.25) is 0 Å². The van der Waals surface area contributed by atoms with Crippen molar-refractivity contribution in [1.29, 1.82) is 0 Å². The molecule has 0 aliphatic carbocycles. The van der Waals surface area contributed by atoms with Crippen LogP contribution in [0.4, 0.5) is 11.4 Å². The minimum Gasteiger partial charge on any atom is -0.395 e.